The maximum absolute atomic E-state index is 10.6. The molecule has 1 aromatic rings. The van der Waals surface area contributed by atoms with Crippen LogP contribution in [0, 0.1) is 6.92 Å². The molecule has 1 saturated heterocycles. The third kappa shape index (κ3) is 4.38. The van der Waals surface area contributed by atoms with Gasteiger partial charge in [0.15, 0.2) is 0 Å². The summed E-state index contributed by atoms with van der Waals surface area (Å²) in [5, 5.41) is 8.72. The summed E-state index contributed by atoms with van der Waals surface area (Å²) in [5.41, 5.74) is 1.85. The van der Waals surface area contributed by atoms with Crippen LogP contribution in [0.3, 0.4) is 0 Å². The first-order valence-corrected chi connectivity index (χ1v) is 6.91. The third-order valence-electron chi connectivity index (χ3n) is 3.27. The summed E-state index contributed by atoms with van der Waals surface area (Å²) in [6.45, 7) is 3.27. The second-order valence-corrected chi connectivity index (χ2v) is 5.01. The van der Waals surface area contributed by atoms with Gasteiger partial charge < -0.3 is 14.6 Å². The maximum Gasteiger partial charge on any atom is 0.328 e. The fourth-order valence-corrected chi connectivity index (χ4v) is 2.21. The van der Waals surface area contributed by atoms with E-state index in [0.717, 1.165) is 36.7 Å². The van der Waals surface area contributed by atoms with Crippen molar-refractivity contribution in [3.8, 4) is 5.75 Å². The molecule has 2 rings (SSSR count). The number of hydrogen-bond acceptors (Lipinski definition) is 3. The van der Waals surface area contributed by atoms with Crippen molar-refractivity contribution < 1.29 is 19.4 Å². The lowest BCUT2D eigenvalue weighted by molar-refractivity contribution is -0.131. The van der Waals surface area contributed by atoms with Crippen LogP contribution in [-0.4, -0.2) is 30.4 Å². The van der Waals surface area contributed by atoms with Gasteiger partial charge in [0.25, 0.3) is 0 Å². The molecule has 0 aromatic heterocycles. The van der Waals surface area contributed by atoms with Gasteiger partial charge in [0.05, 0.1) is 6.10 Å². The van der Waals surface area contributed by atoms with Crippen molar-refractivity contribution in [2.75, 3.05) is 13.2 Å². The number of hydrogen-bond donors (Lipinski definition) is 1. The second-order valence-electron chi connectivity index (χ2n) is 5.01. The molecule has 108 valence electrons. The Hall–Kier alpha value is -1.81. The van der Waals surface area contributed by atoms with E-state index >= 15 is 0 Å². The Bertz CT molecular complexity index is 487. The van der Waals surface area contributed by atoms with E-state index in [1.54, 1.807) is 6.08 Å². The number of aliphatic carboxylic acids is 1. The van der Waals surface area contributed by atoms with Crippen LogP contribution in [0.2, 0.25) is 0 Å². The van der Waals surface area contributed by atoms with E-state index in [1.165, 1.54) is 6.42 Å². The molecule has 0 saturated carbocycles. The topological polar surface area (TPSA) is 55.8 Å². The van der Waals surface area contributed by atoms with Gasteiger partial charge in [-0.15, -0.1) is 0 Å². The van der Waals surface area contributed by atoms with Crippen LogP contribution >= 0.6 is 0 Å². The van der Waals surface area contributed by atoms with Gasteiger partial charge in [-0.1, -0.05) is 11.6 Å². The second kappa shape index (κ2) is 7.10. The normalized spacial score (nSPS) is 19.1. The highest BCUT2D eigenvalue weighted by molar-refractivity contribution is 5.85. The summed E-state index contributed by atoms with van der Waals surface area (Å²) in [7, 11) is 0. The van der Waals surface area contributed by atoms with E-state index in [0.29, 0.717) is 12.4 Å². The largest absolute Gasteiger partial charge is 0.490 e. The molecule has 4 nitrogen and oxygen atoms in total. The number of carboxylic acids is 1. The Morgan fingerprint density at radius 3 is 3.05 bits per heavy atom. The van der Waals surface area contributed by atoms with Crippen molar-refractivity contribution in [3.05, 3.63) is 35.4 Å². The molecule has 4 heteroatoms. The van der Waals surface area contributed by atoms with Crippen LogP contribution in [0.25, 0.3) is 6.08 Å². The molecule has 0 spiro atoms. The van der Waals surface area contributed by atoms with Crippen molar-refractivity contribution in [3.63, 3.8) is 0 Å². The van der Waals surface area contributed by atoms with Gasteiger partial charge in [-0.2, -0.15) is 0 Å². The van der Waals surface area contributed by atoms with E-state index in [-0.39, 0.29) is 6.10 Å². The molecule has 20 heavy (non-hydrogen) atoms. The minimum absolute atomic E-state index is 0.140. The van der Waals surface area contributed by atoms with E-state index in [9.17, 15) is 4.79 Å². The van der Waals surface area contributed by atoms with Gasteiger partial charge in [0, 0.05) is 18.2 Å². The molecular weight excluding hydrogens is 256 g/mol. The molecule has 1 fully saturated rings. The predicted octanol–water partition coefficient (Wildman–Crippen LogP) is 3.04. The smallest absolute Gasteiger partial charge is 0.328 e. The van der Waals surface area contributed by atoms with Gasteiger partial charge >= 0.3 is 5.97 Å². The van der Waals surface area contributed by atoms with Gasteiger partial charge in [-0.05, 0) is 44.4 Å². The number of carboxylic acid groups (broad SMARTS) is 1. The minimum atomic E-state index is -0.965. The van der Waals surface area contributed by atoms with E-state index < -0.39 is 5.97 Å². The van der Waals surface area contributed by atoms with Crippen LogP contribution in [0.5, 0.6) is 5.75 Å². The average molecular weight is 276 g/mol. The molecule has 0 aliphatic carbocycles. The number of carbonyl (C=O) groups is 1. The van der Waals surface area contributed by atoms with Gasteiger partial charge in [-0.25, -0.2) is 4.79 Å². The van der Waals surface area contributed by atoms with Crippen molar-refractivity contribution in [2.45, 2.75) is 32.3 Å². The zero-order valence-electron chi connectivity index (χ0n) is 11.7. The lowest BCUT2D eigenvalue weighted by Crippen LogP contribution is -2.25. The molecule has 1 unspecified atom stereocenters. The van der Waals surface area contributed by atoms with Gasteiger partial charge in [-0.3, -0.25) is 0 Å². The lowest BCUT2D eigenvalue weighted by Gasteiger charge is -2.23. The Kier molecular flexibility index (Phi) is 5.18. The first-order valence-electron chi connectivity index (χ1n) is 6.91. The van der Waals surface area contributed by atoms with Crippen LogP contribution in [0.1, 0.15) is 30.4 Å². The fourth-order valence-electron chi connectivity index (χ4n) is 2.21. The molecule has 0 radical (unpaired) electrons. The first kappa shape index (κ1) is 14.6. The number of ether oxygens (including phenoxy) is 2. The van der Waals surface area contributed by atoms with E-state index in [4.69, 9.17) is 14.6 Å². The Labute approximate surface area is 119 Å². The summed E-state index contributed by atoms with van der Waals surface area (Å²) in [4.78, 5) is 10.6. The molecule has 1 heterocycles. The van der Waals surface area contributed by atoms with Gasteiger partial charge in [0.2, 0.25) is 0 Å². The minimum Gasteiger partial charge on any atom is -0.490 e. The molecule has 1 aliphatic heterocycles. The summed E-state index contributed by atoms with van der Waals surface area (Å²) >= 11 is 0. The molecule has 1 aromatic carbocycles. The fraction of sp³-hybridized carbons (Fsp3) is 0.438. The van der Waals surface area contributed by atoms with Crippen LogP contribution < -0.4 is 4.74 Å². The number of aryl methyl sites for hydroxylation is 1. The molecule has 1 atom stereocenters. The SMILES string of the molecule is Cc1ccc(OCC2CCCCO2)c(C=CC(=O)O)c1. The summed E-state index contributed by atoms with van der Waals surface area (Å²) in [6.07, 6.45) is 6.14. The van der Waals surface area contributed by atoms with E-state index in [1.807, 2.05) is 25.1 Å². The van der Waals surface area contributed by atoms with Crippen LogP contribution in [0.4, 0.5) is 0 Å². The zero-order valence-corrected chi connectivity index (χ0v) is 11.7. The first-order chi connectivity index (χ1) is 9.65. The van der Waals surface area contributed by atoms with Crippen molar-refractivity contribution in [1.82, 2.24) is 0 Å². The standard InChI is InChI=1S/C16H20O4/c1-12-5-7-15(13(10-12)6-8-16(17)18)20-11-14-4-2-3-9-19-14/h5-8,10,14H,2-4,9,11H2,1H3,(H,17,18). The Balaban J connectivity index is 2.03. The summed E-state index contributed by atoms with van der Waals surface area (Å²) in [6, 6.07) is 5.74. The summed E-state index contributed by atoms with van der Waals surface area (Å²) in [5.74, 6) is -0.268. The lowest BCUT2D eigenvalue weighted by atomic mass is 10.1. The molecule has 0 amide bonds. The Morgan fingerprint density at radius 1 is 1.50 bits per heavy atom. The maximum atomic E-state index is 10.6. The molecule has 1 aliphatic rings. The van der Waals surface area contributed by atoms with Crippen LogP contribution in [-0.2, 0) is 9.53 Å². The monoisotopic (exact) mass is 276 g/mol. The highest BCUT2D eigenvalue weighted by Crippen LogP contribution is 2.23. The van der Waals surface area contributed by atoms with Gasteiger partial charge in [0.1, 0.15) is 12.4 Å². The molecule has 1 N–H and O–H groups in total. The number of rotatable bonds is 5. The highest BCUT2D eigenvalue weighted by Gasteiger charge is 2.15. The molecule has 0 bridgehead atoms. The highest BCUT2D eigenvalue weighted by atomic mass is 16.5. The Morgan fingerprint density at radius 2 is 2.35 bits per heavy atom. The van der Waals surface area contributed by atoms with Crippen molar-refractivity contribution >= 4 is 12.0 Å². The quantitative estimate of drug-likeness (QED) is 0.840. The predicted molar refractivity (Wildman–Crippen MR) is 76.9 cm³/mol. The molecular formula is C16H20O4. The van der Waals surface area contributed by atoms with Crippen molar-refractivity contribution in [2.24, 2.45) is 0 Å². The summed E-state index contributed by atoms with van der Waals surface area (Å²) < 4.78 is 11.4. The van der Waals surface area contributed by atoms with Crippen molar-refractivity contribution in [1.29, 1.82) is 0 Å². The number of benzene rings is 1. The third-order valence-corrected chi connectivity index (χ3v) is 3.27. The van der Waals surface area contributed by atoms with E-state index in [2.05, 4.69) is 0 Å². The zero-order chi connectivity index (χ0) is 14.4. The van der Waals surface area contributed by atoms with Crippen LogP contribution in [0.15, 0.2) is 24.3 Å². The average Bonchev–Trinajstić information content (AvgIpc) is 2.45.